The molecule has 7 nitrogen and oxygen atoms in total. The van der Waals surface area contributed by atoms with Crippen molar-refractivity contribution >= 4 is 28.5 Å². The highest BCUT2D eigenvalue weighted by Gasteiger charge is 2.45. The van der Waals surface area contributed by atoms with Gasteiger partial charge in [0.05, 0.1) is 34.0 Å². The Hall–Kier alpha value is -2.88. The number of cyclic esters (lactones) is 1. The quantitative estimate of drug-likeness (QED) is 0.319. The fraction of sp³-hybridized carbons (Fsp3) is 0.400. The molecule has 0 saturated heterocycles. The Morgan fingerprint density at radius 1 is 1.29 bits per heavy atom. The molecule has 2 aromatic heterocycles. The van der Waals surface area contributed by atoms with Crippen molar-refractivity contribution in [1.82, 2.24) is 14.9 Å². The first-order valence-electron chi connectivity index (χ1n) is 11.5. The summed E-state index contributed by atoms with van der Waals surface area (Å²) in [6, 6.07) is 2.79. The van der Waals surface area contributed by atoms with Gasteiger partial charge in [0.2, 0.25) is 0 Å². The van der Waals surface area contributed by atoms with Crippen molar-refractivity contribution in [3.8, 4) is 11.4 Å². The molecule has 0 unspecified atom stereocenters. The molecule has 0 radical (unpaired) electrons. The number of fused-ring (bicyclic) bond motifs is 5. The Bertz CT molecular complexity index is 1470. The predicted octanol–water partition coefficient (Wildman–Crippen LogP) is 3.55. The molecule has 35 heavy (non-hydrogen) atoms. The normalized spacial score (nSPS) is 18.6. The summed E-state index contributed by atoms with van der Waals surface area (Å²) < 4.78 is 35.3. The van der Waals surface area contributed by atoms with Gasteiger partial charge < -0.3 is 19.7 Å². The molecule has 0 aliphatic carbocycles. The van der Waals surface area contributed by atoms with E-state index in [9.17, 15) is 23.5 Å². The summed E-state index contributed by atoms with van der Waals surface area (Å²) in [5, 5.41) is 14.3. The van der Waals surface area contributed by atoms with E-state index in [1.165, 1.54) is 4.57 Å². The maximum atomic E-state index is 14.5. The number of esters is 1. The van der Waals surface area contributed by atoms with Gasteiger partial charge in [-0.2, -0.15) is 0 Å². The molecule has 1 atom stereocenters. The van der Waals surface area contributed by atoms with Crippen LogP contribution in [0.4, 0.5) is 8.78 Å². The highest BCUT2D eigenvalue weighted by molar-refractivity contribution is 6.36. The lowest BCUT2D eigenvalue weighted by Gasteiger charge is -2.31. The van der Waals surface area contributed by atoms with Gasteiger partial charge in [-0.25, -0.2) is 18.6 Å². The summed E-state index contributed by atoms with van der Waals surface area (Å²) in [6.45, 7) is 6.06. The second kappa shape index (κ2) is 8.36. The van der Waals surface area contributed by atoms with Crippen LogP contribution in [0.3, 0.4) is 0 Å². The number of hydrogen-bond acceptors (Lipinski definition) is 6. The maximum Gasteiger partial charge on any atom is 0.343 e. The molecule has 0 bridgehead atoms. The number of nitrogens with one attached hydrogen (secondary N) is 1. The summed E-state index contributed by atoms with van der Waals surface area (Å²) in [5.74, 6) is -3.08. The second-order valence-corrected chi connectivity index (χ2v) is 9.64. The van der Waals surface area contributed by atoms with Gasteiger partial charge in [0, 0.05) is 28.6 Å². The molecule has 0 amide bonds. The number of rotatable bonds is 5. The van der Waals surface area contributed by atoms with Crippen molar-refractivity contribution in [3.63, 3.8) is 0 Å². The SMILES string of the molecule is CC[C@@]1(O)C(=O)OCc2c1cc1n(c2=O)Cc2c-1nc1cc(F)c(F)c(Cl)c1c2CCNC(C)C. The topological polar surface area (TPSA) is 93.5 Å². The van der Waals surface area contributed by atoms with Crippen molar-refractivity contribution in [1.29, 1.82) is 0 Å². The zero-order chi connectivity index (χ0) is 25.2. The van der Waals surface area contributed by atoms with Gasteiger partial charge in [0.25, 0.3) is 5.56 Å². The fourth-order valence-corrected chi connectivity index (χ4v) is 5.30. The summed E-state index contributed by atoms with van der Waals surface area (Å²) in [4.78, 5) is 30.4. The third kappa shape index (κ3) is 3.48. The molecule has 184 valence electrons. The molecule has 2 N–H and O–H groups in total. The minimum absolute atomic E-state index is 0.0198. The lowest BCUT2D eigenvalue weighted by molar-refractivity contribution is -0.172. The van der Waals surface area contributed by atoms with Gasteiger partial charge in [0.15, 0.2) is 17.2 Å². The Labute approximate surface area is 204 Å². The molecule has 10 heteroatoms. The summed E-state index contributed by atoms with van der Waals surface area (Å²) in [7, 11) is 0. The maximum absolute atomic E-state index is 14.5. The number of aliphatic hydroxyl groups is 1. The lowest BCUT2D eigenvalue weighted by atomic mass is 9.86. The first kappa shape index (κ1) is 23.8. The number of aromatic nitrogens is 2. The average Bonchev–Trinajstić information content (AvgIpc) is 3.18. The van der Waals surface area contributed by atoms with Gasteiger partial charge in [-0.05, 0) is 31.0 Å². The third-order valence-corrected chi connectivity index (χ3v) is 7.21. The second-order valence-electron chi connectivity index (χ2n) is 9.26. The van der Waals surface area contributed by atoms with Gasteiger partial charge in [-0.3, -0.25) is 4.79 Å². The number of carbonyl (C=O) groups is 1. The molecule has 2 aliphatic heterocycles. The predicted molar refractivity (Wildman–Crippen MR) is 126 cm³/mol. The van der Waals surface area contributed by atoms with E-state index in [-0.39, 0.29) is 47.3 Å². The van der Waals surface area contributed by atoms with E-state index in [4.69, 9.17) is 16.3 Å². The van der Waals surface area contributed by atoms with Crippen LogP contribution in [0.1, 0.15) is 49.4 Å². The molecule has 3 aromatic rings. The standard InChI is InChI=1S/C25H24ClF2N3O4/c1-4-25(34)15-7-18-22-13(9-31(18)23(32)14(15)10-35-24(25)33)12(5-6-29-11(2)3)19-17(30-22)8-16(27)21(28)20(19)26/h7-8,11,29,34H,4-6,9-10H2,1-3H3/t25-/m0/s1. The Morgan fingerprint density at radius 2 is 2.03 bits per heavy atom. The van der Waals surface area contributed by atoms with E-state index in [0.29, 0.717) is 40.9 Å². The smallest absolute Gasteiger partial charge is 0.343 e. The van der Waals surface area contributed by atoms with Crippen LogP contribution in [0.2, 0.25) is 5.02 Å². The summed E-state index contributed by atoms with van der Waals surface area (Å²) in [5.41, 5.74) is 0.336. The van der Waals surface area contributed by atoms with Crippen LogP contribution in [0.25, 0.3) is 22.3 Å². The number of pyridine rings is 2. The molecule has 1 aromatic carbocycles. The van der Waals surface area contributed by atoms with E-state index in [1.54, 1.807) is 13.0 Å². The molecular weight excluding hydrogens is 480 g/mol. The summed E-state index contributed by atoms with van der Waals surface area (Å²) >= 11 is 6.27. The molecule has 4 heterocycles. The van der Waals surface area contributed by atoms with Gasteiger partial charge in [0.1, 0.15) is 6.61 Å². The summed E-state index contributed by atoms with van der Waals surface area (Å²) in [6.07, 6.45) is 0.458. The van der Waals surface area contributed by atoms with Crippen LogP contribution in [-0.2, 0) is 34.7 Å². The highest BCUT2D eigenvalue weighted by Crippen LogP contribution is 2.42. The van der Waals surface area contributed by atoms with E-state index in [0.717, 1.165) is 6.07 Å². The van der Waals surface area contributed by atoms with Crippen molar-refractivity contribution < 1.29 is 23.4 Å². The Kier molecular flexibility index (Phi) is 5.69. The molecule has 0 fully saturated rings. The minimum Gasteiger partial charge on any atom is -0.458 e. The minimum atomic E-state index is -1.95. The first-order valence-corrected chi connectivity index (χ1v) is 11.9. The number of benzene rings is 1. The fourth-order valence-electron chi connectivity index (χ4n) is 4.99. The molecule has 0 spiro atoms. The largest absolute Gasteiger partial charge is 0.458 e. The number of nitrogens with zero attached hydrogens (tertiary/aromatic N) is 2. The Morgan fingerprint density at radius 3 is 2.71 bits per heavy atom. The van der Waals surface area contributed by atoms with Crippen LogP contribution >= 0.6 is 11.6 Å². The number of hydrogen-bond donors (Lipinski definition) is 2. The van der Waals surface area contributed by atoms with Gasteiger partial charge >= 0.3 is 5.97 Å². The number of halogens is 3. The Balaban J connectivity index is 1.79. The van der Waals surface area contributed by atoms with Gasteiger partial charge in [-0.1, -0.05) is 32.4 Å². The monoisotopic (exact) mass is 503 g/mol. The van der Waals surface area contributed by atoms with Crippen molar-refractivity contribution in [3.05, 3.63) is 61.4 Å². The third-order valence-electron chi connectivity index (χ3n) is 6.85. The zero-order valence-corrected chi connectivity index (χ0v) is 20.2. The van der Waals surface area contributed by atoms with Crippen LogP contribution in [0, 0.1) is 11.6 Å². The number of carbonyl (C=O) groups excluding carboxylic acids is 1. The molecular formula is C25H24ClF2N3O4. The van der Waals surface area contributed by atoms with Crippen LogP contribution in [0.5, 0.6) is 0 Å². The molecule has 0 saturated carbocycles. The van der Waals surface area contributed by atoms with Crippen molar-refractivity contribution in [2.45, 2.75) is 58.4 Å². The van der Waals surface area contributed by atoms with E-state index in [1.807, 2.05) is 13.8 Å². The molecule has 5 rings (SSSR count). The molecule has 2 aliphatic rings. The van der Waals surface area contributed by atoms with E-state index in [2.05, 4.69) is 10.3 Å². The van der Waals surface area contributed by atoms with Crippen LogP contribution in [-0.4, -0.2) is 33.2 Å². The lowest BCUT2D eigenvalue weighted by Crippen LogP contribution is -2.44. The number of ether oxygens (including phenoxy) is 1. The van der Waals surface area contributed by atoms with Crippen LogP contribution < -0.4 is 10.9 Å². The van der Waals surface area contributed by atoms with Gasteiger partial charge in [-0.15, -0.1) is 0 Å². The average molecular weight is 504 g/mol. The zero-order valence-electron chi connectivity index (χ0n) is 19.5. The van der Waals surface area contributed by atoms with E-state index >= 15 is 0 Å². The first-order chi connectivity index (χ1) is 16.6. The van der Waals surface area contributed by atoms with Crippen molar-refractivity contribution in [2.24, 2.45) is 0 Å². The highest BCUT2D eigenvalue weighted by atomic mass is 35.5. The van der Waals surface area contributed by atoms with E-state index < -0.39 is 28.8 Å². The van der Waals surface area contributed by atoms with Crippen LogP contribution in [0.15, 0.2) is 16.9 Å². The van der Waals surface area contributed by atoms with Crippen molar-refractivity contribution in [2.75, 3.05) is 6.54 Å².